The number of nitrogens with zero attached hydrogens (tertiary/aromatic N) is 6. The van der Waals surface area contributed by atoms with Crippen LogP contribution in [0.25, 0.3) is 28.5 Å². The van der Waals surface area contributed by atoms with Crippen LogP contribution in [0.15, 0.2) is 58.6 Å². The lowest BCUT2D eigenvalue weighted by Gasteiger charge is -2.06. The highest BCUT2D eigenvalue weighted by molar-refractivity contribution is 7.98. The van der Waals surface area contributed by atoms with Gasteiger partial charge in [-0.1, -0.05) is 11.8 Å². The van der Waals surface area contributed by atoms with Gasteiger partial charge in [-0.3, -0.25) is 9.72 Å². The maximum atomic E-state index is 13.4. The van der Waals surface area contributed by atoms with Crippen LogP contribution in [-0.4, -0.2) is 40.8 Å². The van der Waals surface area contributed by atoms with Crippen molar-refractivity contribution in [1.29, 1.82) is 0 Å². The van der Waals surface area contributed by atoms with Gasteiger partial charge in [-0.15, -0.1) is 5.10 Å². The molecule has 0 saturated carbocycles. The zero-order valence-electron chi connectivity index (χ0n) is 15.0. The summed E-state index contributed by atoms with van der Waals surface area (Å²) < 4.78 is 20.6. The largest absolute Gasteiger partial charge is 0.432 e. The van der Waals surface area contributed by atoms with Crippen molar-refractivity contribution in [3.63, 3.8) is 0 Å². The number of halogens is 1. The van der Waals surface area contributed by atoms with Gasteiger partial charge in [-0.05, 0) is 36.6 Å². The minimum atomic E-state index is -0.316. The van der Waals surface area contributed by atoms with Crippen molar-refractivity contribution in [3.8, 4) is 22.6 Å². The molecule has 0 aliphatic rings. The highest BCUT2D eigenvalue weighted by Gasteiger charge is 2.19. The second kappa shape index (κ2) is 7.02. The molecule has 0 unspecified atom stereocenters. The summed E-state index contributed by atoms with van der Waals surface area (Å²) >= 11 is 1.42. The van der Waals surface area contributed by atoms with E-state index in [1.807, 2.05) is 6.26 Å². The van der Waals surface area contributed by atoms with E-state index < -0.39 is 0 Å². The van der Waals surface area contributed by atoms with Crippen molar-refractivity contribution in [2.75, 3.05) is 11.6 Å². The lowest BCUT2D eigenvalue weighted by molar-refractivity contribution is 0.596. The molecule has 0 fully saturated rings. The molecule has 29 heavy (non-hydrogen) atoms. The number of oxazole rings is 1. The van der Waals surface area contributed by atoms with E-state index in [0.717, 1.165) is 5.56 Å². The van der Waals surface area contributed by atoms with E-state index in [1.165, 1.54) is 23.9 Å². The Hall–Kier alpha value is -3.73. The van der Waals surface area contributed by atoms with Crippen LogP contribution in [0.1, 0.15) is 0 Å². The Morgan fingerprint density at radius 1 is 1.14 bits per heavy atom. The van der Waals surface area contributed by atoms with Crippen LogP contribution in [0.5, 0.6) is 0 Å². The van der Waals surface area contributed by atoms with Gasteiger partial charge in [0, 0.05) is 18.0 Å². The molecule has 0 amide bonds. The van der Waals surface area contributed by atoms with Crippen LogP contribution in [0, 0.1) is 5.82 Å². The molecule has 0 bridgehead atoms. The predicted octanol–water partition coefficient (Wildman–Crippen LogP) is 3.77. The summed E-state index contributed by atoms with van der Waals surface area (Å²) in [6, 6.07) is 7.88. The van der Waals surface area contributed by atoms with E-state index >= 15 is 0 Å². The van der Waals surface area contributed by atoms with E-state index in [9.17, 15) is 4.39 Å². The fourth-order valence-electron chi connectivity index (χ4n) is 2.89. The number of H-pyrrole nitrogens is 1. The van der Waals surface area contributed by atoms with Crippen LogP contribution < -0.4 is 5.32 Å². The molecule has 0 aliphatic heterocycles. The second-order valence-electron chi connectivity index (χ2n) is 5.93. The molecule has 2 N–H and O–H groups in total. The molecule has 11 heteroatoms. The van der Waals surface area contributed by atoms with Gasteiger partial charge >= 0.3 is 5.84 Å². The first kappa shape index (κ1) is 17.4. The van der Waals surface area contributed by atoms with E-state index in [0.29, 0.717) is 40.0 Å². The van der Waals surface area contributed by atoms with Crippen molar-refractivity contribution in [3.05, 3.63) is 54.8 Å². The lowest BCUT2D eigenvalue weighted by Crippen LogP contribution is -2.00. The van der Waals surface area contributed by atoms with Crippen molar-refractivity contribution >= 4 is 29.5 Å². The van der Waals surface area contributed by atoms with Gasteiger partial charge in [-0.2, -0.15) is 9.97 Å². The average molecular weight is 408 g/mol. The van der Waals surface area contributed by atoms with Crippen LogP contribution in [-0.2, 0) is 0 Å². The highest BCUT2D eigenvalue weighted by atomic mass is 32.2. The van der Waals surface area contributed by atoms with Gasteiger partial charge < -0.3 is 4.42 Å². The maximum absolute atomic E-state index is 13.4. The van der Waals surface area contributed by atoms with Crippen LogP contribution in [0.4, 0.5) is 16.3 Å². The zero-order chi connectivity index (χ0) is 19.8. The van der Waals surface area contributed by atoms with Gasteiger partial charge in [0.15, 0.2) is 0 Å². The Labute approximate surface area is 167 Å². The molecule has 5 aromatic rings. The fraction of sp³-hybridized carbons (Fsp3) is 0.0556. The molecule has 9 nitrogen and oxygen atoms in total. The normalized spacial score (nSPS) is 11.2. The minimum absolute atomic E-state index is 0.316. The van der Waals surface area contributed by atoms with Crippen molar-refractivity contribution in [2.24, 2.45) is 0 Å². The molecular formula is C18H13FN8OS. The molecule has 5 rings (SSSR count). The number of nitrogens with one attached hydrogen (secondary N) is 2. The molecule has 0 aliphatic carbocycles. The quantitative estimate of drug-likeness (QED) is 0.423. The summed E-state index contributed by atoms with van der Waals surface area (Å²) in [7, 11) is 0. The highest BCUT2D eigenvalue weighted by Crippen LogP contribution is 2.32. The summed E-state index contributed by atoms with van der Waals surface area (Å²) in [5.41, 5.74) is 2.68. The molecule has 4 aromatic heterocycles. The van der Waals surface area contributed by atoms with E-state index in [1.54, 1.807) is 41.3 Å². The van der Waals surface area contributed by atoms with Gasteiger partial charge in [0.1, 0.15) is 23.5 Å². The van der Waals surface area contributed by atoms with Gasteiger partial charge in [0.05, 0.1) is 5.69 Å². The Kier molecular flexibility index (Phi) is 4.21. The molecule has 0 saturated heterocycles. The summed E-state index contributed by atoms with van der Waals surface area (Å²) in [6.07, 6.45) is 6.81. The standard InChI is InChI=1S/C18H13FN8OS/c1-29-17-24-16(25-26-17)23-15-20-7-6-12(21-15)14-13(10-2-4-11(19)5-3-10)22-18-27(14)8-9-28-18/h2-9H,1H3,(H2,20,21,23,24,25,26). The minimum Gasteiger partial charge on any atom is -0.432 e. The van der Waals surface area contributed by atoms with Crippen LogP contribution in [0.3, 0.4) is 0 Å². The number of thioether (sulfide) groups is 1. The number of hydrogen-bond acceptors (Lipinski definition) is 8. The average Bonchev–Trinajstić information content (AvgIpc) is 3.44. The summed E-state index contributed by atoms with van der Waals surface area (Å²) in [4.78, 5) is 17.6. The number of aromatic amines is 1. The number of aromatic nitrogens is 7. The second-order valence-corrected chi connectivity index (χ2v) is 6.71. The number of hydrogen-bond donors (Lipinski definition) is 2. The number of rotatable bonds is 5. The van der Waals surface area contributed by atoms with Crippen molar-refractivity contribution in [1.82, 2.24) is 34.5 Å². The number of fused-ring (bicyclic) bond motifs is 1. The van der Waals surface area contributed by atoms with Crippen molar-refractivity contribution in [2.45, 2.75) is 5.16 Å². The monoisotopic (exact) mass is 408 g/mol. The maximum Gasteiger partial charge on any atom is 0.306 e. The van der Waals surface area contributed by atoms with Gasteiger partial charge in [0.2, 0.25) is 17.1 Å². The van der Waals surface area contributed by atoms with Crippen molar-refractivity contribution < 1.29 is 8.81 Å². The molecule has 4 heterocycles. The smallest absolute Gasteiger partial charge is 0.306 e. The van der Waals surface area contributed by atoms with E-state index in [4.69, 9.17) is 4.42 Å². The van der Waals surface area contributed by atoms with E-state index in [-0.39, 0.29) is 5.82 Å². The topological polar surface area (TPSA) is 110 Å². The Morgan fingerprint density at radius 3 is 2.79 bits per heavy atom. The number of benzene rings is 1. The first-order chi connectivity index (χ1) is 14.2. The molecule has 0 radical (unpaired) electrons. The van der Waals surface area contributed by atoms with E-state index in [2.05, 4.69) is 35.5 Å². The zero-order valence-corrected chi connectivity index (χ0v) is 15.8. The van der Waals surface area contributed by atoms with Crippen LogP contribution >= 0.6 is 11.8 Å². The van der Waals surface area contributed by atoms with Gasteiger partial charge in [0.25, 0.3) is 0 Å². The predicted molar refractivity (Wildman–Crippen MR) is 105 cm³/mol. The lowest BCUT2D eigenvalue weighted by atomic mass is 10.1. The number of anilines is 2. The first-order valence-corrected chi connectivity index (χ1v) is 9.72. The summed E-state index contributed by atoms with van der Waals surface area (Å²) in [5, 5.41) is 10.4. The Bertz CT molecular complexity index is 1290. The SMILES string of the molecule is CSc1n[nH]c(Nc2nccc(-c3c(-c4ccc(F)cc4)nc4occn34)n2)n1. The van der Waals surface area contributed by atoms with Crippen LogP contribution in [0.2, 0.25) is 0 Å². The Morgan fingerprint density at radius 2 is 2.00 bits per heavy atom. The molecule has 144 valence electrons. The third kappa shape index (κ3) is 3.21. The molecule has 1 aromatic carbocycles. The van der Waals surface area contributed by atoms with Gasteiger partial charge in [-0.25, -0.2) is 19.5 Å². The fourth-order valence-corrected chi connectivity index (χ4v) is 3.21. The molecular weight excluding hydrogens is 395 g/mol. The third-order valence-corrected chi connectivity index (χ3v) is 4.70. The molecule has 0 atom stereocenters. The summed E-state index contributed by atoms with van der Waals surface area (Å²) in [6.45, 7) is 0. The first-order valence-electron chi connectivity index (χ1n) is 8.49. The third-order valence-electron chi connectivity index (χ3n) is 4.16. The number of imidazole rings is 1. The Balaban J connectivity index is 1.59. The summed E-state index contributed by atoms with van der Waals surface area (Å²) in [5.74, 6) is 0.873. The molecule has 0 spiro atoms.